The summed E-state index contributed by atoms with van der Waals surface area (Å²) in [6, 6.07) is 8.73. The Kier molecular flexibility index (Phi) is 2.64. The largest absolute Gasteiger partial charge is 0.508 e. The molecule has 0 spiro atoms. The van der Waals surface area contributed by atoms with Crippen LogP contribution in [0.4, 0.5) is 17.2 Å². The summed E-state index contributed by atoms with van der Waals surface area (Å²) in [5.74, 6) is 0.925. The fraction of sp³-hybridized carbons (Fsp3) is 0.0833. The van der Waals surface area contributed by atoms with Crippen molar-refractivity contribution in [3.63, 3.8) is 0 Å². The molecule has 1 heterocycles. The van der Waals surface area contributed by atoms with Crippen LogP contribution in [-0.4, -0.2) is 10.1 Å². The van der Waals surface area contributed by atoms with Crippen LogP contribution in [0.5, 0.6) is 5.75 Å². The van der Waals surface area contributed by atoms with Crippen molar-refractivity contribution in [3.8, 4) is 5.75 Å². The van der Waals surface area contributed by atoms with E-state index in [0.717, 1.165) is 11.3 Å². The number of rotatable bonds is 2. The molecule has 0 radical (unpaired) electrons. The average Bonchev–Trinajstić information content (AvgIpc) is 2.24. The summed E-state index contributed by atoms with van der Waals surface area (Å²) >= 11 is 0. The highest BCUT2D eigenvalue weighted by Gasteiger charge is 1.99. The highest BCUT2D eigenvalue weighted by Crippen LogP contribution is 2.21. The molecule has 4 heteroatoms. The number of nitrogens with two attached hydrogens (primary N) is 1. The van der Waals surface area contributed by atoms with Crippen LogP contribution in [0.1, 0.15) is 5.56 Å². The molecule has 2 aromatic rings. The smallest absolute Gasteiger partial charge is 0.130 e. The number of nitrogen functional groups attached to an aromatic ring is 1. The van der Waals surface area contributed by atoms with Crippen LogP contribution >= 0.6 is 0 Å². The predicted molar refractivity (Wildman–Crippen MR) is 64.8 cm³/mol. The minimum atomic E-state index is 0.220. The third-order valence-electron chi connectivity index (χ3n) is 2.27. The number of hydrogen-bond acceptors (Lipinski definition) is 4. The molecule has 0 saturated carbocycles. The molecule has 0 aliphatic heterocycles. The van der Waals surface area contributed by atoms with E-state index < -0.39 is 0 Å². The Morgan fingerprint density at radius 2 is 2.12 bits per heavy atom. The van der Waals surface area contributed by atoms with Crippen molar-refractivity contribution in [3.05, 3.63) is 42.1 Å². The van der Waals surface area contributed by atoms with Gasteiger partial charge in [-0.1, -0.05) is 6.07 Å². The Morgan fingerprint density at radius 1 is 1.31 bits per heavy atom. The van der Waals surface area contributed by atoms with Gasteiger partial charge < -0.3 is 16.2 Å². The first kappa shape index (κ1) is 10.3. The number of aryl methyl sites for hydroxylation is 1. The van der Waals surface area contributed by atoms with Crippen molar-refractivity contribution in [2.45, 2.75) is 6.92 Å². The highest BCUT2D eigenvalue weighted by atomic mass is 16.3. The number of hydrogen-bond donors (Lipinski definition) is 3. The van der Waals surface area contributed by atoms with Gasteiger partial charge in [0.05, 0.1) is 11.9 Å². The molecular formula is C12H13N3O. The first-order valence-corrected chi connectivity index (χ1v) is 4.93. The van der Waals surface area contributed by atoms with Gasteiger partial charge in [-0.05, 0) is 30.7 Å². The molecule has 0 fully saturated rings. The summed E-state index contributed by atoms with van der Waals surface area (Å²) in [5.41, 5.74) is 8.10. The number of pyridine rings is 1. The number of phenolic OH excluding ortho intramolecular Hbond substituents is 1. The van der Waals surface area contributed by atoms with E-state index in [4.69, 9.17) is 5.73 Å². The normalized spacial score (nSPS) is 10.1. The summed E-state index contributed by atoms with van der Waals surface area (Å²) in [4.78, 5) is 4.15. The monoisotopic (exact) mass is 215 g/mol. The fourth-order valence-electron chi connectivity index (χ4n) is 1.37. The van der Waals surface area contributed by atoms with Gasteiger partial charge in [0, 0.05) is 11.8 Å². The zero-order chi connectivity index (χ0) is 11.5. The van der Waals surface area contributed by atoms with Gasteiger partial charge in [-0.2, -0.15) is 0 Å². The third-order valence-corrected chi connectivity index (χ3v) is 2.27. The lowest BCUT2D eigenvalue weighted by atomic mass is 10.2. The molecule has 82 valence electrons. The van der Waals surface area contributed by atoms with Gasteiger partial charge in [0.25, 0.3) is 0 Å². The average molecular weight is 215 g/mol. The molecule has 4 N–H and O–H groups in total. The number of nitrogens with one attached hydrogen (secondary N) is 1. The predicted octanol–water partition coefficient (Wildman–Crippen LogP) is 2.42. The van der Waals surface area contributed by atoms with Crippen molar-refractivity contribution in [2.75, 3.05) is 11.1 Å². The zero-order valence-electron chi connectivity index (χ0n) is 8.94. The summed E-state index contributed by atoms with van der Waals surface area (Å²) in [6.07, 6.45) is 1.61. The van der Waals surface area contributed by atoms with Crippen molar-refractivity contribution in [1.82, 2.24) is 4.98 Å². The van der Waals surface area contributed by atoms with E-state index in [1.807, 2.05) is 19.1 Å². The summed E-state index contributed by atoms with van der Waals surface area (Å²) in [7, 11) is 0. The Hall–Kier alpha value is -2.23. The minimum absolute atomic E-state index is 0.220. The first-order valence-electron chi connectivity index (χ1n) is 4.93. The number of nitrogens with zero attached hydrogens (tertiary/aromatic N) is 1. The molecule has 0 amide bonds. The second-order valence-corrected chi connectivity index (χ2v) is 3.60. The molecular weight excluding hydrogens is 202 g/mol. The van der Waals surface area contributed by atoms with Crippen LogP contribution in [0.2, 0.25) is 0 Å². The van der Waals surface area contributed by atoms with Crippen LogP contribution in [0.25, 0.3) is 0 Å². The molecule has 2 rings (SSSR count). The minimum Gasteiger partial charge on any atom is -0.508 e. The lowest BCUT2D eigenvalue weighted by molar-refractivity contribution is 0.475. The van der Waals surface area contributed by atoms with E-state index in [-0.39, 0.29) is 5.75 Å². The van der Waals surface area contributed by atoms with Crippen molar-refractivity contribution >= 4 is 17.2 Å². The van der Waals surface area contributed by atoms with E-state index in [0.29, 0.717) is 11.5 Å². The van der Waals surface area contributed by atoms with Crippen LogP contribution in [-0.2, 0) is 0 Å². The molecule has 1 aromatic carbocycles. The fourth-order valence-corrected chi connectivity index (χ4v) is 1.37. The standard InChI is InChI=1S/C12H13N3O/c1-8-5-12(14-7-11(8)13)15-9-3-2-4-10(16)6-9/h2-7,16H,13H2,1H3,(H,14,15). The molecule has 0 aliphatic rings. The summed E-state index contributed by atoms with van der Waals surface area (Å²) < 4.78 is 0. The van der Waals surface area contributed by atoms with Gasteiger partial charge in [-0.3, -0.25) is 0 Å². The van der Waals surface area contributed by atoms with Gasteiger partial charge >= 0.3 is 0 Å². The van der Waals surface area contributed by atoms with Crippen molar-refractivity contribution < 1.29 is 5.11 Å². The molecule has 0 unspecified atom stereocenters. The number of anilines is 3. The van der Waals surface area contributed by atoms with E-state index in [1.54, 1.807) is 24.4 Å². The molecule has 0 bridgehead atoms. The summed E-state index contributed by atoms with van der Waals surface area (Å²) in [6.45, 7) is 1.92. The van der Waals surface area contributed by atoms with Crippen molar-refractivity contribution in [1.29, 1.82) is 0 Å². The molecule has 0 saturated heterocycles. The number of aromatic nitrogens is 1. The number of aromatic hydroxyl groups is 1. The van der Waals surface area contributed by atoms with Gasteiger partial charge in [0.2, 0.25) is 0 Å². The van der Waals surface area contributed by atoms with Crippen LogP contribution in [0.3, 0.4) is 0 Å². The van der Waals surface area contributed by atoms with Crippen LogP contribution in [0.15, 0.2) is 36.5 Å². The Bertz CT molecular complexity index is 511. The van der Waals surface area contributed by atoms with E-state index >= 15 is 0 Å². The second-order valence-electron chi connectivity index (χ2n) is 3.60. The second kappa shape index (κ2) is 4.10. The maximum absolute atomic E-state index is 9.31. The third kappa shape index (κ3) is 2.23. The van der Waals surface area contributed by atoms with Crippen LogP contribution < -0.4 is 11.1 Å². The SMILES string of the molecule is Cc1cc(Nc2cccc(O)c2)ncc1N. The molecule has 4 nitrogen and oxygen atoms in total. The lowest BCUT2D eigenvalue weighted by Gasteiger charge is -2.07. The molecule has 1 aromatic heterocycles. The maximum Gasteiger partial charge on any atom is 0.130 e. The van der Waals surface area contributed by atoms with Gasteiger partial charge in [0.1, 0.15) is 11.6 Å². The quantitative estimate of drug-likeness (QED) is 0.719. The molecule has 0 aliphatic carbocycles. The topological polar surface area (TPSA) is 71.2 Å². The van der Waals surface area contributed by atoms with E-state index in [2.05, 4.69) is 10.3 Å². The Balaban J connectivity index is 2.24. The van der Waals surface area contributed by atoms with Crippen LogP contribution in [0, 0.1) is 6.92 Å². The number of benzene rings is 1. The van der Waals surface area contributed by atoms with Gasteiger partial charge in [0.15, 0.2) is 0 Å². The van der Waals surface area contributed by atoms with Gasteiger partial charge in [-0.25, -0.2) is 4.98 Å². The lowest BCUT2D eigenvalue weighted by Crippen LogP contribution is -1.96. The van der Waals surface area contributed by atoms with E-state index in [1.165, 1.54) is 0 Å². The van der Waals surface area contributed by atoms with E-state index in [9.17, 15) is 5.11 Å². The maximum atomic E-state index is 9.31. The highest BCUT2D eigenvalue weighted by molar-refractivity contribution is 5.60. The number of phenols is 1. The Labute approximate surface area is 93.8 Å². The van der Waals surface area contributed by atoms with Gasteiger partial charge in [-0.15, -0.1) is 0 Å². The summed E-state index contributed by atoms with van der Waals surface area (Å²) in [5, 5.41) is 12.4. The Morgan fingerprint density at radius 3 is 2.81 bits per heavy atom. The molecule has 0 atom stereocenters. The van der Waals surface area contributed by atoms with Crippen molar-refractivity contribution in [2.24, 2.45) is 0 Å². The molecule has 16 heavy (non-hydrogen) atoms. The first-order chi connectivity index (χ1) is 7.65. The zero-order valence-corrected chi connectivity index (χ0v) is 8.94.